The fraction of sp³-hybridized carbons (Fsp3) is 0.750. The van der Waals surface area contributed by atoms with Gasteiger partial charge in [0.25, 0.3) is 0 Å². The Morgan fingerprint density at radius 2 is 2.00 bits per heavy atom. The highest BCUT2D eigenvalue weighted by molar-refractivity contribution is 5.78. The highest BCUT2D eigenvalue weighted by atomic mass is 16.5. The Morgan fingerprint density at radius 3 is 2.64 bits per heavy atom. The Labute approximate surface area is 132 Å². The molecule has 2 aliphatic heterocycles. The first-order valence-corrected chi connectivity index (χ1v) is 8.02. The number of morpholine rings is 1. The summed E-state index contributed by atoms with van der Waals surface area (Å²) >= 11 is 0. The maximum Gasteiger partial charge on any atom is 0.236 e. The van der Waals surface area contributed by atoms with Crippen molar-refractivity contribution in [2.45, 2.75) is 39.4 Å². The number of nitrogens with zero attached hydrogens (tertiary/aromatic N) is 2. The van der Waals surface area contributed by atoms with E-state index in [2.05, 4.69) is 16.3 Å². The van der Waals surface area contributed by atoms with Crippen molar-refractivity contribution >= 4 is 11.8 Å². The van der Waals surface area contributed by atoms with Gasteiger partial charge in [0.2, 0.25) is 11.8 Å². The van der Waals surface area contributed by atoms with Crippen molar-refractivity contribution < 1.29 is 14.3 Å². The summed E-state index contributed by atoms with van der Waals surface area (Å²) in [6.07, 6.45) is 3.29. The van der Waals surface area contributed by atoms with Crippen molar-refractivity contribution in [3.05, 3.63) is 11.6 Å². The van der Waals surface area contributed by atoms with Crippen LogP contribution >= 0.6 is 0 Å². The van der Waals surface area contributed by atoms with E-state index in [1.54, 1.807) is 0 Å². The van der Waals surface area contributed by atoms with Gasteiger partial charge in [0.1, 0.15) is 0 Å². The summed E-state index contributed by atoms with van der Waals surface area (Å²) < 4.78 is 5.67. The minimum atomic E-state index is -0.0228. The van der Waals surface area contributed by atoms with Crippen LogP contribution in [0.2, 0.25) is 0 Å². The lowest BCUT2D eigenvalue weighted by Crippen LogP contribution is -2.51. The third kappa shape index (κ3) is 5.10. The van der Waals surface area contributed by atoms with Gasteiger partial charge in [-0.1, -0.05) is 6.08 Å². The fourth-order valence-electron chi connectivity index (χ4n) is 3.06. The van der Waals surface area contributed by atoms with Gasteiger partial charge < -0.3 is 15.0 Å². The molecule has 22 heavy (non-hydrogen) atoms. The number of amides is 2. The SMILES string of the molecule is CC(=O)NCC1=CCCN(CC(=O)N2C[C@@H](C)O[C@@H](C)C2)C1. The van der Waals surface area contributed by atoms with Gasteiger partial charge in [0, 0.05) is 39.6 Å². The average molecular weight is 309 g/mol. The molecular formula is C16H27N3O3. The number of carbonyl (C=O) groups is 2. The standard InChI is InChI=1S/C16H27N3O3/c1-12-8-19(9-13(2)22-12)16(21)11-18-6-4-5-15(10-18)7-17-14(3)20/h5,12-13H,4,6-11H2,1-3H3,(H,17,20)/t12-,13+. The molecule has 1 saturated heterocycles. The van der Waals surface area contributed by atoms with Gasteiger partial charge in [-0.05, 0) is 25.8 Å². The van der Waals surface area contributed by atoms with Crippen LogP contribution in [0.5, 0.6) is 0 Å². The zero-order valence-electron chi connectivity index (χ0n) is 13.8. The molecule has 1 N–H and O–H groups in total. The van der Waals surface area contributed by atoms with Gasteiger partial charge in [0.05, 0.1) is 18.8 Å². The van der Waals surface area contributed by atoms with Crippen molar-refractivity contribution in [2.75, 3.05) is 39.3 Å². The van der Waals surface area contributed by atoms with Crippen molar-refractivity contribution in [3.63, 3.8) is 0 Å². The first-order valence-electron chi connectivity index (χ1n) is 8.02. The van der Waals surface area contributed by atoms with Crippen LogP contribution in [0.3, 0.4) is 0 Å². The number of nitrogens with one attached hydrogen (secondary N) is 1. The summed E-state index contributed by atoms with van der Waals surface area (Å²) in [4.78, 5) is 27.5. The van der Waals surface area contributed by atoms with E-state index in [0.717, 1.165) is 19.5 Å². The molecule has 0 spiro atoms. The first kappa shape index (κ1) is 17.0. The van der Waals surface area contributed by atoms with Crippen LogP contribution in [0.25, 0.3) is 0 Å². The highest BCUT2D eigenvalue weighted by Crippen LogP contribution is 2.13. The van der Waals surface area contributed by atoms with Gasteiger partial charge >= 0.3 is 0 Å². The second-order valence-corrected chi connectivity index (χ2v) is 6.33. The molecule has 0 bridgehead atoms. The molecule has 0 aromatic carbocycles. The predicted octanol–water partition coefficient (Wildman–Crippen LogP) is 0.390. The summed E-state index contributed by atoms with van der Waals surface area (Å²) in [5.41, 5.74) is 1.18. The highest BCUT2D eigenvalue weighted by Gasteiger charge is 2.27. The minimum Gasteiger partial charge on any atom is -0.372 e. The molecular weight excluding hydrogens is 282 g/mol. The number of carbonyl (C=O) groups excluding carboxylic acids is 2. The van der Waals surface area contributed by atoms with Crippen LogP contribution in [-0.4, -0.2) is 73.1 Å². The Hall–Kier alpha value is -1.40. The summed E-state index contributed by atoms with van der Waals surface area (Å²) in [7, 11) is 0. The molecule has 6 heteroatoms. The molecule has 124 valence electrons. The van der Waals surface area contributed by atoms with Gasteiger partial charge in [-0.15, -0.1) is 0 Å². The van der Waals surface area contributed by atoms with Crippen molar-refractivity contribution in [2.24, 2.45) is 0 Å². The fourth-order valence-corrected chi connectivity index (χ4v) is 3.06. The maximum atomic E-state index is 12.5. The van der Waals surface area contributed by atoms with E-state index in [1.165, 1.54) is 12.5 Å². The van der Waals surface area contributed by atoms with Crippen LogP contribution in [-0.2, 0) is 14.3 Å². The van der Waals surface area contributed by atoms with Crippen molar-refractivity contribution in [1.82, 2.24) is 15.1 Å². The second kappa shape index (κ2) is 7.74. The van der Waals surface area contributed by atoms with Crippen LogP contribution in [0, 0.1) is 0 Å². The summed E-state index contributed by atoms with van der Waals surface area (Å²) in [6.45, 7) is 9.54. The van der Waals surface area contributed by atoms with Gasteiger partial charge in [0.15, 0.2) is 0 Å². The molecule has 0 unspecified atom stereocenters. The van der Waals surface area contributed by atoms with E-state index in [4.69, 9.17) is 4.74 Å². The predicted molar refractivity (Wildman–Crippen MR) is 84.4 cm³/mol. The van der Waals surface area contributed by atoms with Gasteiger partial charge in [-0.2, -0.15) is 0 Å². The molecule has 2 amide bonds. The molecule has 0 aliphatic carbocycles. The Bertz CT molecular complexity index is 440. The largest absolute Gasteiger partial charge is 0.372 e. The zero-order valence-corrected chi connectivity index (χ0v) is 13.8. The average Bonchev–Trinajstić information content (AvgIpc) is 2.44. The lowest BCUT2D eigenvalue weighted by Gasteiger charge is -2.37. The molecule has 2 heterocycles. The summed E-state index contributed by atoms with van der Waals surface area (Å²) in [5, 5.41) is 2.82. The summed E-state index contributed by atoms with van der Waals surface area (Å²) in [5.74, 6) is 0.146. The minimum absolute atomic E-state index is 0.0228. The van der Waals surface area contributed by atoms with Crippen LogP contribution in [0.4, 0.5) is 0 Å². The third-order valence-electron chi connectivity index (χ3n) is 4.00. The number of hydrogen-bond donors (Lipinski definition) is 1. The molecule has 0 radical (unpaired) electrons. The smallest absolute Gasteiger partial charge is 0.236 e. The summed E-state index contributed by atoms with van der Waals surface area (Å²) in [6, 6.07) is 0. The third-order valence-corrected chi connectivity index (χ3v) is 4.00. The number of ether oxygens (including phenoxy) is 1. The molecule has 6 nitrogen and oxygen atoms in total. The molecule has 2 atom stereocenters. The lowest BCUT2D eigenvalue weighted by atomic mass is 10.1. The normalized spacial score (nSPS) is 26.5. The molecule has 0 aromatic rings. The van der Waals surface area contributed by atoms with E-state index >= 15 is 0 Å². The van der Waals surface area contributed by atoms with Crippen molar-refractivity contribution in [3.8, 4) is 0 Å². The van der Waals surface area contributed by atoms with E-state index in [-0.39, 0.29) is 24.0 Å². The Kier molecular flexibility index (Phi) is 5.97. The molecule has 2 aliphatic rings. The second-order valence-electron chi connectivity index (χ2n) is 6.33. The maximum absolute atomic E-state index is 12.5. The van der Waals surface area contributed by atoms with Crippen LogP contribution < -0.4 is 5.32 Å². The molecule has 0 aromatic heterocycles. The Balaban J connectivity index is 1.81. The van der Waals surface area contributed by atoms with Gasteiger partial charge in [-0.25, -0.2) is 0 Å². The molecule has 0 saturated carbocycles. The lowest BCUT2D eigenvalue weighted by molar-refractivity contribution is -0.144. The van der Waals surface area contributed by atoms with E-state index in [9.17, 15) is 9.59 Å². The molecule has 2 rings (SSSR count). The molecule has 1 fully saturated rings. The number of rotatable bonds is 4. The first-order chi connectivity index (χ1) is 10.4. The van der Waals surface area contributed by atoms with E-state index in [0.29, 0.717) is 26.2 Å². The van der Waals surface area contributed by atoms with E-state index in [1.807, 2.05) is 18.7 Å². The number of hydrogen-bond acceptors (Lipinski definition) is 4. The van der Waals surface area contributed by atoms with Crippen LogP contribution in [0.1, 0.15) is 27.2 Å². The van der Waals surface area contributed by atoms with E-state index < -0.39 is 0 Å². The topological polar surface area (TPSA) is 61.9 Å². The quantitative estimate of drug-likeness (QED) is 0.763. The monoisotopic (exact) mass is 309 g/mol. The van der Waals surface area contributed by atoms with Crippen LogP contribution in [0.15, 0.2) is 11.6 Å². The zero-order chi connectivity index (χ0) is 16.1. The van der Waals surface area contributed by atoms with Crippen molar-refractivity contribution in [1.29, 1.82) is 0 Å². The van der Waals surface area contributed by atoms with Gasteiger partial charge in [-0.3, -0.25) is 14.5 Å². The Morgan fingerprint density at radius 1 is 1.32 bits per heavy atom.